The lowest BCUT2D eigenvalue weighted by Crippen LogP contribution is -2.44. The van der Waals surface area contributed by atoms with E-state index in [4.69, 9.17) is 0 Å². The number of amides is 1. The Morgan fingerprint density at radius 1 is 1.48 bits per heavy atom. The summed E-state index contributed by atoms with van der Waals surface area (Å²) in [6.07, 6.45) is 1.15. The number of hydrogen-bond acceptors (Lipinski definition) is 5. The SMILES string of the molecule is O=C(NC1CCNN1)c1csc(Cc2ccccc2F)n1. The molecule has 3 rings (SSSR count). The summed E-state index contributed by atoms with van der Waals surface area (Å²) in [6.45, 7) is 0.820. The number of hydrogen-bond donors (Lipinski definition) is 3. The number of aromatic nitrogens is 1. The van der Waals surface area contributed by atoms with E-state index in [1.165, 1.54) is 17.4 Å². The average Bonchev–Trinajstić information content (AvgIpc) is 3.13. The van der Waals surface area contributed by atoms with Gasteiger partial charge in [-0.3, -0.25) is 10.2 Å². The molecule has 1 aromatic carbocycles. The highest BCUT2D eigenvalue weighted by Gasteiger charge is 2.19. The van der Waals surface area contributed by atoms with E-state index in [1.807, 2.05) is 0 Å². The number of halogens is 1. The number of hydrazine groups is 1. The normalized spacial score (nSPS) is 17.9. The van der Waals surface area contributed by atoms with Crippen molar-refractivity contribution < 1.29 is 9.18 Å². The summed E-state index contributed by atoms with van der Waals surface area (Å²) in [5, 5.41) is 5.27. The summed E-state index contributed by atoms with van der Waals surface area (Å²) in [4.78, 5) is 16.3. The molecule has 1 amide bonds. The quantitative estimate of drug-likeness (QED) is 0.799. The molecule has 21 heavy (non-hydrogen) atoms. The van der Waals surface area contributed by atoms with Crippen molar-refractivity contribution in [2.75, 3.05) is 6.54 Å². The second-order valence-corrected chi connectivity index (χ2v) is 5.72. The third kappa shape index (κ3) is 3.44. The second kappa shape index (κ2) is 6.30. The van der Waals surface area contributed by atoms with Crippen LogP contribution >= 0.6 is 11.3 Å². The zero-order chi connectivity index (χ0) is 14.7. The molecule has 7 heteroatoms. The fourth-order valence-electron chi connectivity index (χ4n) is 2.13. The summed E-state index contributed by atoms with van der Waals surface area (Å²) in [5.41, 5.74) is 6.86. The summed E-state index contributed by atoms with van der Waals surface area (Å²) in [6, 6.07) is 6.60. The van der Waals surface area contributed by atoms with Gasteiger partial charge in [0.05, 0.1) is 11.2 Å². The number of rotatable bonds is 4. The molecule has 1 unspecified atom stereocenters. The first kappa shape index (κ1) is 14.1. The molecule has 0 aliphatic carbocycles. The third-order valence-corrected chi connectivity index (χ3v) is 4.07. The molecule has 2 heterocycles. The number of carbonyl (C=O) groups is 1. The van der Waals surface area contributed by atoms with E-state index in [2.05, 4.69) is 21.2 Å². The average molecular weight is 306 g/mol. The van der Waals surface area contributed by atoms with Crippen LogP contribution in [0.3, 0.4) is 0 Å². The summed E-state index contributed by atoms with van der Waals surface area (Å²) >= 11 is 1.36. The van der Waals surface area contributed by atoms with E-state index in [-0.39, 0.29) is 17.9 Å². The molecule has 2 aromatic rings. The maximum absolute atomic E-state index is 13.6. The first-order valence-corrected chi connectivity index (χ1v) is 7.57. The number of carbonyl (C=O) groups excluding carboxylic acids is 1. The lowest BCUT2D eigenvalue weighted by Gasteiger charge is -2.10. The Bertz CT molecular complexity index is 639. The first-order chi connectivity index (χ1) is 10.2. The van der Waals surface area contributed by atoms with Crippen LogP contribution in [0.1, 0.15) is 27.5 Å². The number of nitrogens with one attached hydrogen (secondary N) is 3. The highest BCUT2D eigenvalue weighted by atomic mass is 32.1. The van der Waals surface area contributed by atoms with Crippen LogP contribution in [0.15, 0.2) is 29.6 Å². The predicted molar refractivity (Wildman–Crippen MR) is 78.3 cm³/mol. The fraction of sp³-hybridized carbons (Fsp3) is 0.286. The van der Waals surface area contributed by atoms with Crippen molar-refractivity contribution in [1.82, 2.24) is 21.2 Å². The van der Waals surface area contributed by atoms with Crippen molar-refractivity contribution in [2.45, 2.75) is 19.0 Å². The van der Waals surface area contributed by atoms with E-state index in [1.54, 1.807) is 23.6 Å². The Morgan fingerprint density at radius 3 is 3.10 bits per heavy atom. The van der Waals surface area contributed by atoms with E-state index in [9.17, 15) is 9.18 Å². The lowest BCUT2D eigenvalue weighted by atomic mass is 10.1. The maximum Gasteiger partial charge on any atom is 0.272 e. The molecule has 110 valence electrons. The van der Waals surface area contributed by atoms with Crippen molar-refractivity contribution in [2.24, 2.45) is 0 Å². The Labute approximate surface area is 125 Å². The minimum atomic E-state index is -0.250. The van der Waals surface area contributed by atoms with Crippen molar-refractivity contribution in [3.63, 3.8) is 0 Å². The van der Waals surface area contributed by atoms with Crippen LogP contribution in [0.25, 0.3) is 0 Å². The van der Waals surface area contributed by atoms with Gasteiger partial charge in [-0.05, 0) is 18.1 Å². The largest absolute Gasteiger partial charge is 0.334 e. The smallest absolute Gasteiger partial charge is 0.272 e. The van der Waals surface area contributed by atoms with Gasteiger partial charge in [0, 0.05) is 18.3 Å². The van der Waals surface area contributed by atoms with Gasteiger partial charge in [-0.2, -0.15) is 0 Å². The molecule has 1 aliphatic rings. The van der Waals surface area contributed by atoms with Gasteiger partial charge >= 0.3 is 0 Å². The Balaban J connectivity index is 1.65. The van der Waals surface area contributed by atoms with Crippen LogP contribution < -0.4 is 16.2 Å². The van der Waals surface area contributed by atoms with Gasteiger partial charge in [0.15, 0.2) is 0 Å². The number of thiazole rings is 1. The van der Waals surface area contributed by atoms with Crippen molar-refractivity contribution >= 4 is 17.2 Å². The Kier molecular flexibility index (Phi) is 4.23. The molecule has 0 saturated carbocycles. The van der Waals surface area contributed by atoms with Gasteiger partial charge in [0.1, 0.15) is 11.5 Å². The zero-order valence-corrected chi connectivity index (χ0v) is 12.0. The Morgan fingerprint density at radius 2 is 2.33 bits per heavy atom. The molecule has 5 nitrogen and oxygen atoms in total. The molecule has 1 fully saturated rings. The molecule has 1 atom stereocenters. The molecular weight excluding hydrogens is 291 g/mol. The van der Waals surface area contributed by atoms with Crippen molar-refractivity contribution in [3.05, 3.63) is 51.7 Å². The van der Waals surface area contributed by atoms with E-state index >= 15 is 0 Å². The topological polar surface area (TPSA) is 66.1 Å². The van der Waals surface area contributed by atoms with Crippen LogP contribution in [0.4, 0.5) is 4.39 Å². The molecule has 0 bridgehead atoms. The van der Waals surface area contributed by atoms with Gasteiger partial charge in [0.2, 0.25) is 0 Å². The maximum atomic E-state index is 13.6. The van der Waals surface area contributed by atoms with Crippen molar-refractivity contribution in [3.8, 4) is 0 Å². The van der Waals surface area contributed by atoms with Gasteiger partial charge in [-0.15, -0.1) is 11.3 Å². The minimum absolute atomic E-state index is 0.0748. The zero-order valence-electron chi connectivity index (χ0n) is 11.2. The predicted octanol–water partition coefficient (Wildman–Crippen LogP) is 1.43. The van der Waals surface area contributed by atoms with Gasteiger partial charge in [-0.25, -0.2) is 14.8 Å². The second-order valence-electron chi connectivity index (χ2n) is 4.78. The molecular formula is C14H15FN4OS. The fourth-order valence-corrected chi connectivity index (χ4v) is 2.92. The number of nitrogens with zero attached hydrogens (tertiary/aromatic N) is 1. The van der Waals surface area contributed by atoms with Crippen LogP contribution in [0.2, 0.25) is 0 Å². The standard InChI is InChI=1S/C14H15FN4OS/c15-10-4-2-1-3-9(10)7-13-17-11(8-21-13)14(20)18-12-5-6-16-19-12/h1-4,8,12,16,19H,5-7H2,(H,18,20). The highest BCUT2D eigenvalue weighted by Crippen LogP contribution is 2.17. The minimum Gasteiger partial charge on any atom is -0.334 e. The van der Waals surface area contributed by atoms with Gasteiger partial charge in [0.25, 0.3) is 5.91 Å². The lowest BCUT2D eigenvalue weighted by molar-refractivity contribution is 0.0928. The van der Waals surface area contributed by atoms with Gasteiger partial charge < -0.3 is 5.32 Å². The van der Waals surface area contributed by atoms with Crippen LogP contribution in [0.5, 0.6) is 0 Å². The number of benzene rings is 1. The van der Waals surface area contributed by atoms with E-state index in [0.29, 0.717) is 17.7 Å². The first-order valence-electron chi connectivity index (χ1n) is 6.69. The molecule has 1 aromatic heterocycles. The Hall–Kier alpha value is -1.83. The molecule has 0 radical (unpaired) electrons. The summed E-state index contributed by atoms with van der Waals surface area (Å²) < 4.78 is 13.6. The van der Waals surface area contributed by atoms with Gasteiger partial charge in [-0.1, -0.05) is 18.2 Å². The highest BCUT2D eigenvalue weighted by molar-refractivity contribution is 7.09. The van der Waals surface area contributed by atoms with Crippen LogP contribution in [0, 0.1) is 5.82 Å². The molecule has 3 N–H and O–H groups in total. The summed E-state index contributed by atoms with van der Waals surface area (Å²) in [7, 11) is 0. The molecule has 0 spiro atoms. The summed E-state index contributed by atoms with van der Waals surface area (Å²) in [5.74, 6) is -0.466. The van der Waals surface area contributed by atoms with Crippen LogP contribution in [-0.2, 0) is 6.42 Å². The third-order valence-electron chi connectivity index (χ3n) is 3.22. The van der Waals surface area contributed by atoms with E-state index < -0.39 is 0 Å². The van der Waals surface area contributed by atoms with Crippen LogP contribution in [-0.4, -0.2) is 23.6 Å². The monoisotopic (exact) mass is 306 g/mol. The van der Waals surface area contributed by atoms with Crippen molar-refractivity contribution in [1.29, 1.82) is 0 Å². The molecule has 1 aliphatic heterocycles. The molecule has 1 saturated heterocycles. The van der Waals surface area contributed by atoms with E-state index in [0.717, 1.165) is 18.0 Å².